The van der Waals surface area contributed by atoms with Gasteiger partial charge in [-0.2, -0.15) is 4.31 Å². The molecule has 2 rings (SSSR count). The minimum atomic E-state index is -3.68. The fourth-order valence-corrected chi connectivity index (χ4v) is 4.44. The van der Waals surface area contributed by atoms with Crippen LogP contribution in [-0.2, 0) is 19.6 Å². The third kappa shape index (κ3) is 4.61. The van der Waals surface area contributed by atoms with E-state index < -0.39 is 27.9 Å². The van der Waals surface area contributed by atoms with Crippen LogP contribution in [0.5, 0.6) is 5.75 Å². The molecule has 1 aliphatic heterocycles. The van der Waals surface area contributed by atoms with Gasteiger partial charge in [0.15, 0.2) is 0 Å². The van der Waals surface area contributed by atoms with Crippen molar-refractivity contribution in [1.82, 2.24) is 14.9 Å². The van der Waals surface area contributed by atoms with Gasteiger partial charge < -0.3 is 15.4 Å². The van der Waals surface area contributed by atoms with Crippen LogP contribution >= 0.6 is 0 Å². The molecule has 0 bridgehead atoms. The summed E-state index contributed by atoms with van der Waals surface area (Å²) in [7, 11) is -2.17. The second-order valence-electron chi connectivity index (χ2n) is 5.80. The maximum atomic E-state index is 12.8. The van der Waals surface area contributed by atoms with Crippen molar-refractivity contribution < 1.29 is 22.7 Å². The second kappa shape index (κ2) is 8.81. The smallest absolute Gasteiger partial charge is 0.309 e. The molecule has 2 N–H and O–H groups in total. The SMILES string of the molecule is C=CCNC(=O)C(=O)NCC1CCCN1S(=O)(=O)c1ccc(OC)cc1. The molecule has 0 radical (unpaired) electrons. The Bertz CT molecular complexity index is 761. The summed E-state index contributed by atoms with van der Waals surface area (Å²) in [6, 6.07) is 5.77. The van der Waals surface area contributed by atoms with Crippen LogP contribution in [0.1, 0.15) is 12.8 Å². The molecular formula is C17H23N3O5S. The molecule has 1 aromatic carbocycles. The fraction of sp³-hybridized carbons (Fsp3) is 0.412. The van der Waals surface area contributed by atoms with Gasteiger partial charge in [0.2, 0.25) is 10.0 Å². The van der Waals surface area contributed by atoms with Crippen molar-refractivity contribution in [3.05, 3.63) is 36.9 Å². The Kier molecular flexibility index (Phi) is 6.76. The lowest BCUT2D eigenvalue weighted by molar-refractivity contribution is -0.139. The zero-order valence-corrected chi connectivity index (χ0v) is 15.4. The van der Waals surface area contributed by atoms with E-state index in [2.05, 4.69) is 17.2 Å². The summed E-state index contributed by atoms with van der Waals surface area (Å²) >= 11 is 0. The molecule has 0 aliphatic carbocycles. The highest BCUT2D eigenvalue weighted by atomic mass is 32.2. The van der Waals surface area contributed by atoms with Crippen LogP contribution in [0.25, 0.3) is 0 Å². The molecule has 0 aromatic heterocycles. The van der Waals surface area contributed by atoms with Gasteiger partial charge in [-0.15, -0.1) is 6.58 Å². The maximum Gasteiger partial charge on any atom is 0.309 e. The van der Waals surface area contributed by atoms with Gasteiger partial charge in [0.25, 0.3) is 0 Å². The quantitative estimate of drug-likeness (QED) is 0.521. The Labute approximate surface area is 153 Å². The highest BCUT2D eigenvalue weighted by molar-refractivity contribution is 7.89. The first-order valence-electron chi connectivity index (χ1n) is 8.23. The number of sulfonamides is 1. The number of nitrogens with one attached hydrogen (secondary N) is 2. The number of hydrogen-bond donors (Lipinski definition) is 2. The van der Waals surface area contributed by atoms with E-state index in [0.29, 0.717) is 25.1 Å². The number of benzene rings is 1. The van der Waals surface area contributed by atoms with E-state index in [1.54, 1.807) is 12.1 Å². The third-order valence-electron chi connectivity index (χ3n) is 4.10. The van der Waals surface area contributed by atoms with Gasteiger partial charge in [-0.3, -0.25) is 9.59 Å². The zero-order valence-electron chi connectivity index (χ0n) is 14.6. The van der Waals surface area contributed by atoms with Crippen molar-refractivity contribution in [2.75, 3.05) is 26.7 Å². The molecule has 1 aliphatic rings. The van der Waals surface area contributed by atoms with Crippen LogP contribution in [0.15, 0.2) is 41.8 Å². The Hall–Kier alpha value is -2.39. The fourth-order valence-electron chi connectivity index (χ4n) is 2.75. The average molecular weight is 381 g/mol. The monoisotopic (exact) mass is 381 g/mol. The van der Waals surface area contributed by atoms with E-state index in [1.165, 1.54) is 29.6 Å². The van der Waals surface area contributed by atoms with Crippen LogP contribution in [-0.4, -0.2) is 57.3 Å². The zero-order chi connectivity index (χ0) is 19.2. The van der Waals surface area contributed by atoms with Crippen LogP contribution < -0.4 is 15.4 Å². The number of rotatable bonds is 7. The van der Waals surface area contributed by atoms with Gasteiger partial charge in [0, 0.05) is 25.7 Å². The first kappa shape index (κ1) is 19.9. The van der Waals surface area contributed by atoms with Crippen LogP contribution in [0.3, 0.4) is 0 Å². The molecule has 1 unspecified atom stereocenters. The summed E-state index contributed by atoms with van der Waals surface area (Å²) in [5, 5.41) is 4.87. The molecule has 142 valence electrons. The summed E-state index contributed by atoms with van der Waals surface area (Å²) < 4.78 is 32.1. The molecule has 1 heterocycles. The first-order valence-corrected chi connectivity index (χ1v) is 9.67. The Morgan fingerprint density at radius 1 is 1.27 bits per heavy atom. The molecule has 1 saturated heterocycles. The lowest BCUT2D eigenvalue weighted by Gasteiger charge is -2.24. The number of carbonyl (C=O) groups is 2. The predicted octanol–water partition coefficient (Wildman–Crippen LogP) is 0.267. The maximum absolute atomic E-state index is 12.8. The molecule has 1 aromatic rings. The third-order valence-corrected chi connectivity index (χ3v) is 6.07. The number of carbonyl (C=O) groups excluding carboxylic acids is 2. The first-order chi connectivity index (χ1) is 12.4. The van der Waals surface area contributed by atoms with E-state index in [1.807, 2.05) is 0 Å². The highest BCUT2D eigenvalue weighted by Gasteiger charge is 2.35. The second-order valence-corrected chi connectivity index (χ2v) is 7.69. The van der Waals surface area contributed by atoms with E-state index in [0.717, 1.165) is 0 Å². The van der Waals surface area contributed by atoms with Gasteiger partial charge in [-0.05, 0) is 37.1 Å². The van der Waals surface area contributed by atoms with Gasteiger partial charge >= 0.3 is 11.8 Å². The van der Waals surface area contributed by atoms with Crippen LogP contribution in [0, 0.1) is 0 Å². The van der Waals surface area contributed by atoms with Crippen molar-refractivity contribution in [2.24, 2.45) is 0 Å². The summed E-state index contributed by atoms with van der Waals surface area (Å²) in [4.78, 5) is 23.5. The summed E-state index contributed by atoms with van der Waals surface area (Å²) in [6.45, 7) is 4.09. The number of methoxy groups -OCH3 is 1. The van der Waals surface area contributed by atoms with Crippen molar-refractivity contribution in [2.45, 2.75) is 23.8 Å². The van der Waals surface area contributed by atoms with Crippen molar-refractivity contribution in [3.63, 3.8) is 0 Å². The Balaban J connectivity index is 2.03. The van der Waals surface area contributed by atoms with Crippen LogP contribution in [0.4, 0.5) is 0 Å². The van der Waals surface area contributed by atoms with E-state index >= 15 is 0 Å². The van der Waals surface area contributed by atoms with Crippen LogP contribution in [0.2, 0.25) is 0 Å². The lowest BCUT2D eigenvalue weighted by Crippen LogP contribution is -2.47. The van der Waals surface area contributed by atoms with Crippen molar-refractivity contribution in [3.8, 4) is 5.75 Å². The van der Waals surface area contributed by atoms with Gasteiger partial charge in [-0.25, -0.2) is 8.42 Å². The standard InChI is InChI=1S/C17H23N3O5S/c1-3-10-18-16(21)17(22)19-12-13-5-4-11-20(13)26(23,24)15-8-6-14(25-2)7-9-15/h3,6-9,13H,1,4-5,10-12H2,2H3,(H,18,21)(H,19,22). The lowest BCUT2D eigenvalue weighted by atomic mass is 10.2. The Morgan fingerprint density at radius 3 is 2.54 bits per heavy atom. The average Bonchev–Trinajstić information content (AvgIpc) is 3.13. The number of amides is 2. The molecule has 2 amide bonds. The summed E-state index contributed by atoms with van der Waals surface area (Å²) in [6.07, 6.45) is 2.77. The largest absolute Gasteiger partial charge is 0.497 e. The molecule has 9 heteroatoms. The van der Waals surface area contributed by atoms with Gasteiger partial charge in [-0.1, -0.05) is 6.08 Å². The number of nitrogens with zero attached hydrogens (tertiary/aromatic N) is 1. The van der Waals surface area contributed by atoms with E-state index in [9.17, 15) is 18.0 Å². The molecule has 8 nitrogen and oxygen atoms in total. The van der Waals surface area contributed by atoms with Crippen molar-refractivity contribution >= 4 is 21.8 Å². The van der Waals surface area contributed by atoms with Crippen molar-refractivity contribution in [1.29, 1.82) is 0 Å². The topological polar surface area (TPSA) is 105 Å². The minimum absolute atomic E-state index is 0.0791. The normalized spacial score (nSPS) is 17.5. The van der Waals surface area contributed by atoms with Gasteiger partial charge in [0.05, 0.1) is 12.0 Å². The molecule has 1 fully saturated rings. The molecule has 0 saturated carbocycles. The summed E-state index contributed by atoms with van der Waals surface area (Å²) in [5.74, 6) is -0.993. The molecular weight excluding hydrogens is 358 g/mol. The predicted molar refractivity (Wildman–Crippen MR) is 96.1 cm³/mol. The molecule has 26 heavy (non-hydrogen) atoms. The van der Waals surface area contributed by atoms with Gasteiger partial charge in [0.1, 0.15) is 5.75 Å². The minimum Gasteiger partial charge on any atom is -0.497 e. The summed E-state index contributed by atoms with van der Waals surface area (Å²) in [5.41, 5.74) is 0. The number of hydrogen-bond acceptors (Lipinski definition) is 5. The molecule has 1 atom stereocenters. The number of ether oxygens (including phenoxy) is 1. The molecule has 0 spiro atoms. The van der Waals surface area contributed by atoms with E-state index in [-0.39, 0.29) is 18.0 Å². The highest BCUT2D eigenvalue weighted by Crippen LogP contribution is 2.26. The Morgan fingerprint density at radius 2 is 1.92 bits per heavy atom. The van der Waals surface area contributed by atoms with E-state index in [4.69, 9.17) is 4.74 Å².